The molecule has 1 N–H and O–H groups in total. The number of carbonyl (C=O) groups is 1. The van der Waals surface area contributed by atoms with Gasteiger partial charge >= 0.3 is 0 Å². The fourth-order valence-corrected chi connectivity index (χ4v) is 2.98. The number of nitrogens with one attached hydrogen (secondary N) is 1. The Morgan fingerprint density at radius 1 is 0.962 bits per heavy atom. The molecule has 0 aliphatic heterocycles. The zero-order chi connectivity index (χ0) is 18.6. The highest BCUT2D eigenvalue weighted by atomic mass is 32.2. The summed E-state index contributed by atoms with van der Waals surface area (Å²) < 4.78 is 11.2. The Hall–Kier alpha value is -2.14. The van der Waals surface area contributed by atoms with Crippen molar-refractivity contribution >= 4 is 23.4 Å². The Morgan fingerprint density at radius 2 is 1.62 bits per heavy atom. The molecule has 0 aliphatic rings. The lowest BCUT2D eigenvalue weighted by molar-refractivity contribution is -0.113. The van der Waals surface area contributed by atoms with Crippen LogP contribution in [0.25, 0.3) is 0 Å². The van der Waals surface area contributed by atoms with Gasteiger partial charge in [0.05, 0.1) is 19.0 Å². The van der Waals surface area contributed by atoms with Crippen LogP contribution in [0.1, 0.15) is 25.8 Å². The summed E-state index contributed by atoms with van der Waals surface area (Å²) in [6.07, 6.45) is 1.90. The predicted octanol–water partition coefficient (Wildman–Crippen LogP) is 4.79. The molecular weight excluding hydrogens is 346 g/mol. The largest absolute Gasteiger partial charge is 0.494 e. The number of benzene rings is 2. The number of carbonyl (C=O) groups excluding carboxylic acids is 1. The number of anilines is 1. The molecule has 140 valence electrons. The van der Waals surface area contributed by atoms with Crippen LogP contribution in [0.2, 0.25) is 0 Å². The summed E-state index contributed by atoms with van der Waals surface area (Å²) in [6, 6.07) is 15.5. The quantitative estimate of drug-likeness (QED) is 0.575. The molecule has 5 heteroatoms. The van der Waals surface area contributed by atoms with Gasteiger partial charge in [-0.05, 0) is 48.7 Å². The maximum Gasteiger partial charge on any atom is 0.234 e. The SMILES string of the molecule is CCCOc1ccc(OCCSCC(=O)Nc2ccccc2CC)cc1. The molecule has 0 aliphatic carbocycles. The third kappa shape index (κ3) is 7.00. The van der Waals surface area contributed by atoms with E-state index in [4.69, 9.17) is 9.47 Å². The average molecular weight is 374 g/mol. The smallest absolute Gasteiger partial charge is 0.234 e. The van der Waals surface area contributed by atoms with Crippen LogP contribution >= 0.6 is 11.8 Å². The number of aryl methyl sites for hydroxylation is 1. The van der Waals surface area contributed by atoms with Gasteiger partial charge in [0.2, 0.25) is 5.91 Å². The van der Waals surface area contributed by atoms with Gasteiger partial charge in [-0.1, -0.05) is 32.0 Å². The molecule has 1 amide bonds. The van der Waals surface area contributed by atoms with E-state index in [-0.39, 0.29) is 5.91 Å². The molecule has 0 atom stereocenters. The average Bonchev–Trinajstić information content (AvgIpc) is 2.67. The Kier molecular flexibility index (Phi) is 8.90. The van der Waals surface area contributed by atoms with Crippen molar-refractivity contribution in [3.05, 3.63) is 54.1 Å². The Morgan fingerprint density at radius 3 is 2.27 bits per heavy atom. The molecule has 26 heavy (non-hydrogen) atoms. The number of hydrogen-bond donors (Lipinski definition) is 1. The number of para-hydroxylation sites is 1. The van der Waals surface area contributed by atoms with E-state index in [1.54, 1.807) is 11.8 Å². The molecule has 0 heterocycles. The van der Waals surface area contributed by atoms with Crippen molar-refractivity contribution in [1.29, 1.82) is 0 Å². The van der Waals surface area contributed by atoms with Crippen LogP contribution in [0.3, 0.4) is 0 Å². The van der Waals surface area contributed by atoms with E-state index in [0.717, 1.165) is 48.0 Å². The summed E-state index contributed by atoms with van der Waals surface area (Å²) in [5.74, 6) is 2.88. The van der Waals surface area contributed by atoms with Crippen molar-refractivity contribution in [3.8, 4) is 11.5 Å². The maximum atomic E-state index is 12.1. The first-order valence-electron chi connectivity index (χ1n) is 9.04. The summed E-state index contributed by atoms with van der Waals surface area (Å²) in [5.41, 5.74) is 2.06. The van der Waals surface area contributed by atoms with E-state index in [0.29, 0.717) is 12.4 Å². The molecule has 0 aromatic heterocycles. The molecule has 2 rings (SSSR count). The number of rotatable bonds is 11. The monoisotopic (exact) mass is 373 g/mol. The summed E-state index contributed by atoms with van der Waals surface area (Å²) in [6.45, 7) is 5.46. The standard InChI is InChI=1S/C21H27NO3S/c1-3-13-24-18-9-11-19(12-10-18)25-14-15-26-16-21(23)22-20-8-6-5-7-17(20)4-2/h5-12H,3-4,13-16H2,1-2H3,(H,22,23). The third-order valence-corrected chi connectivity index (χ3v) is 4.62. The summed E-state index contributed by atoms with van der Waals surface area (Å²) >= 11 is 1.57. The minimum atomic E-state index is 0.0216. The Balaban J connectivity index is 1.63. The van der Waals surface area contributed by atoms with Crippen molar-refractivity contribution in [2.75, 3.05) is 30.0 Å². The molecule has 0 saturated heterocycles. The lowest BCUT2D eigenvalue weighted by Crippen LogP contribution is -2.16. The summed E-state index contributed by atoms with van der Waals surface area (Å²) in [4.78, 5) is 12.1. The molecule has 2 aromatic carbocycles. The van der Waals surface area contributed by atoms with Gasteiger partial charge in [-0.2, -0.15) is 0 Å². The first-order valence-corrected chi connectivity index (χ1v) is 10.2. The first kappa shape index (κ1) is 20.2. The van der Waals surface area contributed by atoms with E-state index < -0.39 is 0 Å². The normalized spacial score (nSPS) is 10.4. The lowest BCUT2D eigenvalue weighted by atomic mass is 10.1. The van der Waals surface area contributed by atoms with Crippen molar-refractivity contribution in [2.24, 2.45) is 0 Å². The third-order valence-electron chi connectivity index (χ3n) is 3.70. The van der Waals surface area contributed by atoms with Crippen LogP contribution in [0.15, 0.2) is 48.5 Å². The minimum absolute atomic E-state index is 0.0216. The number of thioether (sulfide) groups is 1. The first-order chi connectivity index (χ1) is 12.7. The van der Waals surface area contributed by atoms with Crippen LogP contribution < -0.4 is 14.8 Å². The zero-order valence-corrected chi connectivity index (χ0v) is 16.3. The van der Waals surface area contributed by atoms with E-state index in [2.05, 4.69) is 19.2 Å². The minimum Gasteiger partial charge on any atom is -0.494 e. The van der Waals surface area contributed by atoms with Gasteiger partial charge in [0, 0.05) is 11.4 Å². The van der Waals surface area contributed by atoms with E-state index >= 15 is 0 Å². The topological polar surface area (TPSA) is 47.6 Å². The van der Waals surface area contributed by atoms with Gasteiger partial charge in [0.25, 0.3) is 0 Å². The second kappa shape index (κ2) is 11.5. The van der Waals surface area contributed by atoms with Crippen LogP contribution in [0, 0.1) is 0 Å². The summed E-state index contributed by atoms with van der Waals surface area (Å²) in [7, 11) is 0. The fourth-order valence-electron chi connectivity index (χ4n) is 2.37. The van der Waals surface area contributed by atoms with Crippen LogP contribution in [0.5, 0.6) is 11.5 Å². The van der Waals surface area contributed by atoms with Crippen LogP contribution in [-0.4, -0.2) is 30.6 Å². The highest BCUT2D eigenvalue weighted by molar-refractivity contribution is 7.99. The second-order valence-electron chi connectivity index (χ2n) is 5.78. The fraction of sp³-hybridized carbons (Fsp3) is 0.381. The maximum absolute atomic E-state index is 12.1. The van der Waals surface area contributed by atoms with E-state index in [1.165, 1.54) is 0 Å². The summed E-state index contributed by atoms with van der Waals surface area (Å²) in [5, 5.41) is 2.98. The van der Waals surface area contributed by atoms with Crippen LogP contribution in [0.4, 0.5) is 5.69 Å². The molecule has 0 bridgehead atoms. The van der Waals surface area contributed by atoms with Crippen molar-refractivity contribution in [2.45, 2.75) is 26.7 Å². The molecule has 0 spiro atoms. The molecular formula is C21H27NO3S. The highest BCUT2D eigenvalue weighted by Crippen LogP contribution is 2.18. The van der Waals surface area contributed by atoms with Gasteiger partial charge < -0.3 is 14.8 Å². The van der Waals surface area contributed by atoms with Crippen molar-refractivity contribution < 1.29 is 14.3 Å². The lowest BCUT2D eigenvalue weighted by Gasteiger charge is -2.10. The van der Waals surface area contributed by atoms with E-state index in [9.17, 15) is 4.79 Å². The molecule has 4 nitrogen and oxygen atoms in total. The number of hydrogen-bond acceptors (Lipinski definition) is 4. The Bertz CT molecular complexity index is 673. The molecule has 0 unspecified atom stereocenters. The van der Waals surface area contributed by atoms with Gasteiger partial charge in [-0.15, -0.1) is 11.8 Å². The molecule has 0 saturated carbocycles. The molecule has 0 radical (unpaired) electrons. The second-order valence-corrected chi connectivity index (χ2v) is 6.88. The van der Waals surface area contributed by atoms with Crippen molar-refractivity contribution in [3.63, 3.8) is 0 Å². The molecule has 2 aromatic rings. The molecule has 0 fully saturated rings. The van der Waals surface area contributed by atoms with Crippen LogP contribution in [-0.2, 0) is 11.2 Å². The van der Waals surface area contributed by atoms with Gasteiger partial charge in [-0.25, -0.2) is 0 Å². The highest BCUT2D eigenvalue weighted by Gasteiger charge is 2.05. The number of amides is 1. The Labute approximate surface area is 160 Å². The number of ether oxygens (including phenoxy) is 2. The zero-order valence-electron chi connectivity index (χ0n) is 15.5. The van der Waals surface area contributed by atoms with E-state index in [1.807, 2.05) is 48.5 Å². The van der Waals surface area contributed by atoms with Gasteiger partial charge in [0.1, 0.15) is 11.5 Å². The van der Waals surface area contributed by atoms with Gasteiger partial charge in [0.15, 0.2) is 0 Å². The predicted molar refractivity (Wildman–Crippen MR) is 109 cm³/mol. The van der Waals surface area contributed by atoms with Gasteiger partial charge in [-0.3, -0.25) is 4.79 Å². The van der Waals surface area contributed by atoms with Crippen molar-refractivity contribution in [1.82, 2.24) is 0 Å².